The summed E-state index contributed by atoms with van der Waals surface area (Å²) in [5, 5.41) is 0. The van der Waals surface area contributed by atoms with E-state index in [1.807, 2.05) is 30.3 Å². The summed E-state index contributed by atoms with van der Waals surface area (Å²) in [6.45, 7) is 6.83. The molecule has 23 heavy (non-hydrogen) atoms. The summed E-state index contributed by atoms with van der Waals surface area (Å²) in [6.07, 6.45) is 16.7. The average Bonchev–Trinajstić information content (AvgIpc) is 2.50. The number of hydrogen-bond acceptors (Lipinski definition) is 1. The molecule has 0 nitrogen and oxygen atoms in total. The molecule has 0 atom stereocenters. The van der Waals surface area contributed by atoms with E-state index in [1.165, 1.54) is 64.2 Å². The predicted octanol–water partition coefficient (Wildman–Crippen LogP) is 7.36. The van der Waals surface area contributed by atoms with Crippen molar-refractivity contribution in [3.63, 3.8) is 0 Å². The topological polar surface area (TPSA) is 0 Å². The molecule has 1 aromatic carbocycles. The van der Waals surface area contributed by atoms with E-state index >= 15 is 0 Å². The molecular formula is C21H36STi. The molecule has 0 bridgehead atoms. The van der Waals surface area contributed by atoms with Crippen LogP contribution in [0, 0.1) is 12.3 Å². The summed E-state index contributed by atoms with van der Waals surface area (Å²) in [6, 6.07) is 9.62. The van der Waals surface area contributed by atoms with Crippen molar-refractivity contribution in [1.29, 1.82) is 0 Å². The zero-order valence-electron chi connectivity index (χ0n) is 15.5. The molecule has 1 aromatic rings. The van der Waals surface area contributed by atoms with Crippen LogP contribution < -0.4 is 0 Å². The average molecular weight is 368 g/mol. The molecule has 0 saturated heterocycles. The van der Waals surface area contributed by atoms with Crippen molar-refractivity contribution < 1.29 is 21.7 Å². The van der Waals surface area contributed by atoms with Crippen molar-refractivity contribution in [2.24, 2.45) is 5.92 Å². The van der Waals surface area contributed by atoms with Crippen molar-refractivity contribution >= 4 is 12.6 Å². The van der Waals surface area contributed by atoms with Gasteiger partial charge in [-0.3, -0.25) is 0 Å². The number of benzene rings is 1. The standard InChI is InChI=1S/C15H31.C6H6S.Ti/c1-4-5-6-7-8-9-10-11-12-13-14-15(2)3;7-6-4-2-1-3-5-6;/h14-15H,4-13H2,1-3H3;1-5,7H;/q-1;;+2/p-1. The van der Waals surface area contributed by atoms with Gasteiger partial charge in [-0.05, 0) is 0 Å². The van der Waals surface area contributed by atoms with Crippen LogP contribution in [0.25, 0.3) is 0 Å². The summed E-state index contributed by atoms with van der Waals surface area (Å²) in [5.41, 5.74) is 0. The molecule has 0 aliphatic rings. The van der Waals surface area contributed by atoms with E-state index in [0.29, 0.717) is 0 Å². The van der Waals surface area contributed by atoms with Crippen molar-refractivity contribution in [3.05, 3.63) is 36.8 Å². The van der Waals surface area contributed by atoms with Crippen molar-refractivity contribution in [2.45, 2.75) is 89.9 Å². The van der Waals surface area contributed by atoms with Gasteiger partial charge in [0.2, 0.25) is 0 Å². The van der Waals surface area contributed by atoms with Gasteiger partial charge in [0.25, 0.3) is 0 Å². The second kappa shape index (κ2) is 20.2. The zero-order chi connectivity index (χ0) is 16.5. The van der Waals surface area contributed by atoms with Gasteiger partial charge in [-0.15, -0.1) is 0 Å². The Bertz CT molecular complexity index is 311. The van der Waals surface area contributed by atoms with E-state index < -0.39 is 0 Å². The van der Waals surface area contributed by atoms with Gasteiger partial charge in [-0.2, -0.15) is 17.2 Å². The van der Waals surface area contributed by atoms with E-state index in [2.05, 4.69) is 27.2 Å². The molecule has 0 aliphatic carbocycles. The van der Waals surface area contributed by atoms with Gasteiger partial charge in [-0.25, -0.2) is 0 Å². The first-order chi connectivity index (χ1) is 10.7. The summed E-state index contributed by atoms with van der Waals surface area (Å²) in [7, 11) is 0. The SMILES string of the molecule is CCCCCCCCCCC[CH-]C(C)C.[S-]c1ccccc1.[Ti+2]. The molecule has 1 rings (SSSR count). The number of hydrogen-bond donors (Lipinski definition) is 0. The van der Waals surface area contributed by atoms with Crippen LogP contribution >= 0.6 is 0 Å². The number of unbranched alkanes of at least 4 members (excludes halogenated alkanes) is 9. The Kier molecular flexibility index (Phi) is 22.3. The normalized spacial score (nSPS) is 9.91. The first kappa shape index (κ1) is 25.4. The summed E-state index contributed by atoms with van der Waals surface area (Å²) in [4.78, 5) is 0.905. The smallest absolute Gasteiger partial charge is 0.780 e. The zero-order valence-corrected chi connectivity index (χ0v) is 17.9. The van der Waals surface area contributed by atoms with Crippen LogP contribution in [-0.4, -0.2) is 0 Å². The third-order valence-corrected chi connectivity index (χ3v) is 3.96. The Morgan fingerprint density at radius 2 is 1.30 bits per heavy atom. The maximum Gasteiger partial charge on any atom is 2.00 e. The Morgan fingerprint density at radius 1 is 0.826 bits per heavy atom. The van der Waals surface area contributed by atoms with Crippen LogP contribution in [0.15, 0.2) is 35.2 Å². The van der Waals surface area contributed by atoms with Crippen molar-refractivity contribution in [1.82, 2.24) is 0 Å². The second-order valence-corrected chi connectivity index (χ2v) is 6.88. The molecule has 0 N–H and O–H groups in total. The fourth-order valence-corrected chi connectivity index (χ4v) is 2.48. The molecule has 0 aliphatic heterocycles. The maximum absolute atomic E-state index is 4.81. The van der Waals surface area contributed by atoms with Crippen LogP contribution in [0.1, 0.15) is 85.0 Å². The van der Waals surface area contributed by atoms with Gasteiger partial charge in [0, 0.05) is 0 Å². The molecule has 130 valence electrons. The van der Waals surface area contributed by atoms with Gasteiger partial charge in [-0.1, -0.05) is 109 Å². The van der Waals surface area contributed by atoms with Gasteiger partial charge >= 0.3 is 21.7 Å². The third-order valence-electron chi connectivity index (χ3n) is 3.69. The van der Waals surface area contributed by atoms with Crippen LogP contribution in [0.2, 0.25) is 0 Å². The Balaban J connectivity index is 0. The van der Waals surface area contributed by atoms with E-state index in [-0.39, 0.29) is 21.7 Å². The fourth-order valence-electron chi connectivity index (χ4n) is 2.33. The van der Waals surface area contributed by atoms with Gasteiger partial charge < -0.3 is 19.0 Å². The molecule has 0 spiro atoms. The van der Waals surface area contributed by atoms with E-state index in [4.69, 9.17) is 12.6 Å². The molecule has 0 unspecified atom stereocenters. The molecule has 0 aromatic heterocycles. The van der Waals surface area contributed by atoms with Gasteiger partial charge in [0.15, 0.2) is 0 Å². The largest absolute Gasteiger partial charge is 2.00 e. The first-order valence-corrected chi connectivity index (χ1v) is 9.63. The Morgan fingerprint density at radius 3 is 1.70 bits per heavy atom. The van der Waals surface area contributed by atoms with Crippen LogP contribution in [0.3, 0.4) is 0 Å². The first-order valence-electron chi connectivity index (χ1n) is 9.22. The van der Waals surface area contributed by atoms with Crippen LogP contribution in [0.4, 0.5) is 0 Å². The molecule has 0 amide bonds. The van der Waals surface area contributed by atoms with Crippen molar-refractivity contribution in [3.8, 4) is 0 Å². The van der Waals surface area contributed by atoms with Crippen LogP contribution in [-0.2, 0) is 34.3 Å². The molecule has 0 radical (unpaired) electrons. The van der Waals surface area contributed by atoms with Gasteiger partial charge in [0.05, 0.1) is 0 Å². The minimum Gasteiger partial charge on any atom is -0.780 e. The minimum absolute atomic E-state index is 0. The Labute approximate surface area is 166 Å². The fraction of sp³-hybridized carbons (Fsp3) is 0.667. The molecule has 0 saturated carbocycles. The quantitative estimate of drug-likeness (QED) is 0.170. The van der Waals surface area contributed by atoms with E-state index in [1.54, 1.807) is 0 Å². The van der Waals surface area contributed by atoms with E-state index in [0.717, 1.165) is 10.8 Å². The monoisotopic (exact) mass is 368 g/mol. The molecule has 0 fully saturated rings. The molecule has 2 heteroatoms. The molecule has 0 heterocycles. The third kappa shape index (κ3) is 22.2. The maximum atomic E-state index is 4.81. The predicted molar refractivity (Wildman–Crippen MR) is 103 cm³/mol. The van der Waals surface area contributed by atoms with Crippen LogP contribution in [0.5, 0.6) is 0 Å². The number of rotatable bonds is 11. The van der Waals surface area contributed by atoms with E-state index in [9.17, 15) is 0 Å². The summed E-state index contributed by atoms with van der Waals surface area (Å²) < 4.78 is 0. The molecular weight excluding hydrogens is 332 g/mol. The Hall–Kier alpha value is 0.154. The van der Waals surface area contributed by atoms with Crippen molar-refractivity contribution in [2.75, 3.05) is 0 Å². The summed E-state index contributed by atoms with van der Waals surface area (Å²) in [5.74, 6) is 0.777. The van der Waals surface area contributed by atoms with Gasteiger partial charge in [0.1, 0.15) is 0 Å². The minimum atomic E-state index is 0. The summed E-state index contributed by atoms with van der Waals surface area (Å²) >= 11 is 4.81. The second-order valence-electron chi connectivity index (χ2n) is 6.41.